The molecule has 2 amide bonds. The Morgan fingerprint density at radius 3 is 2.55 bits per heavy atom. The van der Waals surface area contributed by atoms with Crippen molar-refractivity contribution in [1.82, 2.24) is 9.88 Å². The molecule has 1 aromatic heterocycles. The highest BCUT2D eigenvalue weighted by atomic mass is 19.4. The Kier molecular flexibility index (Phi) is 5.25. The smallest absolute Gasteiger partial charge is 0.433 e. The van der Waals surface area contributed by atoms with Crippen molar-refractivity contribution < 1.29 is 27.5 Å². The van der Waals surface area contributed by atoms with Crippen molar-refractivity contribution in [2.45, 2.75) is 63.8 Å². The minimum absolute atomic E-state index is 0.168. The number of likely N-dealkylation sites (tertiary alicyclic amines) is 1. The van der Waals surface area contributed by atoms with E-state index in [1.54, 1.807) is 11.8 Å². The number of halogens is 3. The maximum absolute atomic E-state index is 13.0. The summed E-state index contributed by atoms with van der Waals surface area (Å²) in [6, 6.07) is 2.15. The number of ether oxygens (including phenoxy) is 1. The Hall–Kier alpha value is -2.52. The van der Waals surface area contributed by atoms with Crippen molar-refractivity contribution >= 4 is 17.8 Å². The number of primary amides is 1. The highest BCUT2D eigenvalue weighted by Crippen LogP contribution is 2.60. The van der Waals surface area contributed by atoms with Crippen LogP contribution < -0.4 is 11.1 Å². The van der Waals surface area contributed by atoms with Gasteiger partial charge in [0.15, 0.2) is 0 Å². The van der Waals surface area contributed by atoms with E-state index in [4.69, 9.17) is 10.5 Å². The lowest BCUT2D eigenvalue weighted by atomic mass is 9.48. The number of carbonyl (C=O) groups excluding carboxylic acids is 2. The molecule has 1 aliphatic heterocycles. The van der Waals surface area contributed by atoms with Crippen molar-refractivity contribution in [3.05, 3.63) is 23.4 Å². The van der Waals surface area contributed by atoms with Gasteiger partial charge in [0.05, 0.1) is 5.41 Å². The van der Waals surface area contributed by atoms with Crippen molar-refractivity contribution in [3.8, 4) is 0 Å². The SMILES string of the molecule is Cc1ccc(C(F)(F)F)nc1NC1CCN(C(=O)OC2C3CC4CC2CC(C(N)=O)(C4)C3)C1. The maximum Gasteiger partial charge on any atom is 0.433 e. The van der Waals surface area contributed by atoms with Gasteiger partial charge in [-0.1, -0.05) is 6.07 Å². The van der Waals surface area contributed by atoms with E-state index in [0.717, 1.165) is 25.3 Å². The maximum atomic E-state index is 13.0. The van der Waals surface area contributed by atoms with Crippen molar-refractivity contribution in [2.24, 2.45) is 28.9 Å². The zero-order valence-corrected chi connectivity index (χ0v) is 18.5. The summed E-state index contributed by atoms with van der Waals surface area (Å²) in [5, 5.41) is 3.07. The van der Waals surface area contributed by atoms with E-state index in [1.807, 2.05) is 0 Å². The molecule has 6 rings (SSSR count). The molecule has 0 spiro atoms. The van der Waals surface area contributed by atoms with Gasteiger partial charge in [-0.25, -0.2) is 9.78 Å². The van der Waals surface area contributed by atoms with Crippen LogP contribution in [0.3, 0.4) is 0 Å². The third kappa shape index (κ3) is 4.01. The molecule has 3 N–H and O–H groups in total. The third-order valence-corrected chi connectivity index (χ3v) is 8.12. The zero-order valence-electron chi connectivity index (χ0n) is 18.5. The van der Waals surface area contributed by atoms with Crippen LogP contribution in [0.2, 0.25) is 0 Å². The Labute approximate surface area is 190 Å². The molecule has 7 nitrogen and oxygen atoms in total. The second-order valence-corrected chi connectivity index (χ2v) is 10.4. The third-order valence-electron chi connectivity index (χ3n) is 8.12. The number of hydrogen-bond acceptors (Lipinski definition) is 5. The van der Waals surface area contributed by atoms with Crippen molar-refractivity contribution in [3.63, 3.8) is 0 Å². The van der Waals surface area contributed by atoms with Crippen LogP contribution in [0.25, 0.3) is 0 Å². The number of carbonyl (C=O) groups is 2. The van der Waals surface area contributed by atoms with Crippen LogP contribution in [0.4, 0.5) is 23.8 Å². The molecule has 0 radical (unpaired) electrons. The molecule has 4 saturated carbocycles. The fraction of sp³-hybridized carbons (Fsp3) is 0.696. The fourth-order valence-electron chi connectivity index (χ4n) is 6.73. The molecule has 5 aliphatic rings. The number of aromatic nitrogens is 1. The molecule has 3 unspecified atom stereocenters. The van der Waals surface area contributed by atoms with Crippen LogP contribution in [0.1, 0.15) is 49.8 Å². The van der Waals surface area contributed by atoms with Gasteiger partial charge in [-0.2, -0.15) is 13.2 Å². The topological polar surface area (TPSA) is 97.6 Å². The van der Waals surface area contributed by atoms with Gasteiger partial charge in [0, 0.05) is 19.1 Å². The first-order valence-corrected chi connectivity index (χ1v) is 11.6. The lowest BCUT2D eigenvalue weighted by molar-refractivity contribution is -0.161. The first-order chi connectivity index (χ1) is 15.5. The van der Waals surface area contributed by atoms with E-state index < -0.39 is 23.4 Å². The minimum atomic E-state index is -4.51. The molecular weight excluding hydrogens is 437 g/mol. The summed E-state index contributed by atoms with van der Waals surface area (Å²) < 4.78 is 45.0. The molecule has 4 bridgehead atoms. The van der Waals surface area contributed by atoms with Gasteiger partial charge in [-0.15, -0.1) is 0 Å². The first-order valence-electron chi connectivity index (χ1n) is 11.6. The van der Waals surface area contributed by atoms with Crippen LogP contribution in [0.5, 0.6) is 0 Å². The Bertz CT molecular complexity index is 953. The number of pyridine rings is 1. The molecule has 1 aromatic rings. The van der Waals surface area contributed by atoms with Crippen LogP contribution in [-0.2, 0) is 15.7 Å². The van der Waals surface area contributed by atoms with Gasteiger partial charge in [0.1, 0.15) is 17.6 Å². The van der Waals surface area contributed by atoms with Crippen LogP contribution >= 0.6 is 0 Å². The summed E-state index contributed by atoms with van der Waals surface area (Å²) in [5.41, 5.74) is 4.97. The van der Waals surface area contributed by atoms with Crippen molar-refractivity contribution in [1.29, 1.82) is 0 Å². The lowest BCUT2D eigenvalue weighted by Gasteiger charge is -2.58. The highest BCUT2D eigenvalue weighted by molar-refractivity contribution is 5.81. The standard InChI is InChI=1S/C23H29F3N4O3/c1-12-2-3-17(23(24,25)26)29-19(12)28-16-4-5-30(11-16)21(32)33-18-14-6-13-7-15(18)10-22(8-13,9-14)20(27)31/h2-3,13-16,18H,4-11H2,1H3,(H2,27,31)(H,28,29). The number of rotatable bonds is 4. The number of anilines is 1. The second-order valence-electron chi connectivity index (χ2n) is 10.4. The predicted octanol–water partition coefficient (Wildman–Crippen LogP) is 3.71. The summed E-state index contributed by atoms with van der Waals surface area (Å²) in [6.07, 6.45) is -0.325. The number of nitrogens with zero attached hydrogens (tertiary/aromatic N) is 2. The molecule has 0 aromatic carbocycles. The van der Waals surface area contributed by atoms with E-state index >= 15 is 0 Å². The van der Waals surface area contributed by atoms with E-state index in [9.17, 15) is 22.8 Å². The summed E-state index contributed by atoms with van der Waals surface area (Å²) >= 11 is 0. The monoisotopic (exact) mass is 466 g/mol. The average molecular weight is 467 g/mol. The molecular formula is C23H29F3N4O3. The number of aryl methyl sites for hydroxylation is 1. The van der Waals surface area contributed by atoms with Crippen LogP contribution in [-0.4, -0.2) is 47.1 Å². The largest absolute Gasteiger partial charge is 0.446 e. The zero-order chi connectivity index (χ0) is 23.5. The molecule has 33 heavy (non-hydrogen) atoms. The molecule has 4 aliphatic carbocycles. The lowest BCUT2D eigenvalue weighted by Crippen LogP contribution is -2.59. The Balaban J connectivity index is 1.20. The molecule has 180 valence electrons. The van der Waals surface area contributed by atoms with Gasteiger partial charge in [0.25, 0.3) is 0 Å². The molecule has 2 heterocycles. The Morgan fingerprint density at radius 1 is 1.21 bits per heavy atom. The van der Waals surface area contributed by atoms with E-state index in [0.29, 0.717) is 43.8 Å². The number of hydrogen-bond donors (Lipinski definition) is 2. The van der Waals surface area contributed by atoms with Crippen molar-refractivity contribution in [2.75, 3.05) is 18.4 Å². The van der Waals surface area contributed by atoms with Gasteiger partial charge >= 0.3 is 12.3 Å². The number of nitrogens with one attached hydrogen (secondary N) is 1. The van der Waals surface area contributed by atoms with Crippen LogP contribution in [0.15, 0.2) is 12.1 Å². The molecule has 3 atom stereocenters. The molecule has 10 heteroatoms. The van der Waals surface area contributed by atoms with E-state index in [2.05, 4.69) is 10.3 Å². The summed E-state index contributed by atoms with van der Waals surface area (Å²) in [7, 11) is 0. The number of amides is 2. The Morgan fingerprint density at radius 2 is 1.91 bits per heavy atom. The highest BCUT2D eigenvalue weighted by Gasteiger charge is 2.59. The quantitative estimate of drug-likeness (QED) is 0.705. The van der Waals surface area contributed by atoms with Gasteiger partial charge in [0.2, 0.25) is 5.91 Å². The number of nitrogens with two attached hydrogens (primary N) is 1. The van der Waals surface area contributed by atoms with E-state index in [-0.39, 0.29) is 35.7 Å². The van der Waals surface area contributed by atoms with Gasteiger partial charge in [-0.3, -0.25) is 4.79 Å². The fourth-order valence-corrected chi connectivity index (χ4v) is 6.73. The minimum Gasteiger partial charge on any atom is -0.446 e. The van der Waals surface area contributed by atoms with Gasteiger partial charge in [-0.05, 0) is 74.8 Å². The van der Waals surface area contributed by atoms with Gasteiger partial charge < -0.3 is 20.7 Å². The second kappa shape index (κ2) is 7.77. The molecule has 1 saturated heterocycles. The average Bonchev–Trinajstić information content (AvgIpc) is 3.19. The summed E-state index contributed by atoms with van der Waals surface area (Å²) in [6.45, 7) is 2.50. The molecule has 5 fully saturated rings. The van der Waals surface area contributed by atoms with E-state index in [1.165, 1.54) is 6.07 Å². The van der Waals surface area contributed by atoms with Crippen LogP contribution in [0, 0.1) is 30.1 Å². The predicted molar refractivity (Wildman–Crippen MR) is 113 cm³/mol. The number of alkyl halides is 3. The summed E-state index contributed by atoms with van der Waals surface area (Å²) in [5.74, 6) is 0.775. The normalized spacial score (nSPS) is 35.0. The summed E-state index contributed by atoms with van der Waals surface area (Å²) in [4.78, 5) is 30.4. The first kappa shape index (κ1) is 22.3.